The van der Waals surface area contributed by atoms with Crippen LogP contribution in [0.1, 0.15) is 12.5 Å². The monoisotopic (exact) mass is 160 g/mol. The van der Waals surface area contributed by atoms with Gasteiger partial charge in [-0.25, -0.2) is 0 Å². The fraction of sp³-hybridized carbons (Fsp3) is 0.182. The first kappa shape index (κ1) is 8.72. The van der Waals surface area contributed by atoms with Gasteiger partial charge in [-0.2, -0.15) is 4.57 Å². The van der Waals surface area contributed by atoms with Gasteiger partial charge < -0.3 is 0 Å². The first-order chi connectivity index (χ1) is 5.88. The molecule has 1 nitrogen and oxygen atoms in total. The van der Waals surface area contributed by atoms with Crippen molar-refractivity contribution in [1.82, 2.24) is 0 Å². The van der Waals surface area contributed by atoms with Gasteiger partial charge in [-0.05, 0) is 6.08 Å². The minimum absolute atomic E-state index is 0.337. The third-order valence-corrected chi connectivity index (χ3v) is 1.80. The average molecular weight is 160 g/mol. The van der Waals surface area contributed by atoms with Crippen LogP contribution in [0.15, 0.2) is 55.9 Å². The zero-order chi connectivity index (χ0) is 8.81. The van der Waals surface area contributed by atoms with E-state index in [1.807, 2.05) is 42.7 Å². The Morgan fingerprint density at radius 1 is 1.17 bits per heavy atom. The third-order valence-electron chi connectivity index (χ3n) is 1.80. The molecule has 0 bridgehead atoms. The van der Waals surface area contributed by atoms with Gasteiger partial charge >= 0.3 is 0 Å². The Bertz CT molecular complexity index is 251. The van der Waals surface area contributed by atoms with E-state index in [-0.39, 0.29) is 0 Å². The SMILES string of the molecule is C=CCC(C=C)[n+]1ccccc1. The van der Waals surface area contributed by atoms with E-state index < -0.39 is 0 Å². The Morgan fingerprint density at radius 2 is 1.83 bits per heavy atom. The molecule has 0 amide bonds. The second kappa shape index (κ2) is 4.50. The molecule has 1 atom stereocenters. The normalized spacial score (nSPS) is 12.0. The third kappa shape index (κ3) is 2.06. The standard InChI is InChI=1S/C11H14N/c1-3-8-11(4-2)12-9-6-5-7-10-12/h3-7,9-11H,1-2,8H2/q+1. The summed E-state index contributed by atoms with van der Waals surface area (Å²) >= 11 is 0. The van der Waals surface area contributed by atoms with Crippen molar-refractivity contribution < 1.29 is 4.57 Å². The Kier molecular flexibility index (Phi) is 3.27. The fourth-order valence-electron chi connectivity index (χ4n) is 1.14. The Hall–Kier alpha value is -1.37. The van der Waals surface area contributed by atoms with E-state index in [2.05, 4.69) is 17.7 Å². The van der Waals surface area contributed by atoms with Gasteiger partial charge in [0.15, 0.2) is 18.4 Å². The predicted molar refractivity (Wildman–Crippen MR) is 50.7 cm³/mol. The molecule has 0 aliphatic heterocycles. The van der Waals surface area contributed by atoms with Crippen molar-refractivity contribution in [2.75, 3.05) is 0 Å². The molecule has 1 heteroatoms. The van der Waals surface area contributed by atoms with Crippen molar-refractivity contribution in [2.24, 2.45) is 0 Å². The molecule has 0 saturated heterocycles. The van der Waals surface area contributed by atoms with Gasteiger partial charge in [0.2, 0.25) is 0 Å². The van der Waals surface area contributed by atoms with E-state index in [1.54, 1.807) is 0 Å². The van der Waals surface area contributed by atoms with E-state index in [4.69, 9.17) is 0 Å². The zero-order valence-electron chi connectivity index (χ0n) is 7.19. The first-order valence-corrected chi connectivity index (χ1v) is 4.07. The van der Waals surface area contributed by atoms with Crippen LogP contribution < -0.4 is 4.57 Å². The summed E-state index contributed by atoms with van der Waals surface area (Å²) in [5, 5.41) is 0. The van der Waals surface area contributed by atoms with Crippen LogP contribution in [0.5, 0.6) is 0 Å². The maximum absolute atomic E-state index is 3.79. The molecule has 0 saturated carbocycles. The molecular weight excluding hydrogens is 146 g/mol. The lowest BCUT2D eigenvalue weighted by Crippen LogP contribution is -2.36. The molecule has 0 fully saturated rings. The largest absolute Gasteiger partial charge is 0.198 e. The molecule has 0 aliphatic carbocycles. The summed E-state index contributed by atoms with van der Waals surface area (Å²) in [7, 11) is 0. The summed E-state index contributed by atoms with van der Waals surface area (Å²) < 4.78 is 2.12. The molecule has 1 rings (SSSR count). The van der Waals surface area contributed by atoms with Crippen LogP contribution in [0.25, 0.3) is 0 Å². The van der Waals surface area contributed by atoms with Crippen LogP contribution in [-0.2, 0) is 0 Å². The van der Waals surface area contributed by atoms with Gasteiger partial charge in [-0.15, -0.1) is 6.58 Å². The van der Waals surface area contributed by atoms with Crippen LogP contribution in [0.2, 0.25) is 0 Å². The Labute approximate surface area is 73.7 Å². The summed E-state index contributed by atoms with van der Waals surface area (Å²) in [6.07, 6.45) is 8.85. The molecule has 0 spiro atoms. The molecule has 0 N–H and O–H groups in total. The molecule has 0 aliphatic rings. The van der Waals surface area contributed by atoms with Crippen LogP contribution in [-0.4, -0.2) is 0 Å². The van der Waals surface area contributed by atoms with Crippen molar-refractivity contribution in [1.29, 1.82) is 0 Å². The maximum Gasteiger partial charge on any atom is 0.179 e. The summed E-state index contributed by atoms with van der Waals surface area (Å²) in [5.41, 5.74) is 0. The number of rotatable bonds is 4. The van der Waals surface area contributed by atoms with Gasteiger partial charge in [-0.3, -0.25) is 0 Å². The van der Waals surface area contributed by atoms with Crippen LogP contribution >= 0.6 is 0 Å². The fourth-order valence-corrected chi connectivity index (χ4v) is 1.14. The van der Waals surface area contributed by atoms with Crippen molar-refractivity contribution in [3.63, 3.8) is 0 Å². The number of allylic oxidation sites excluding steroid dienone is 2. The smallest absolute Gasteiger partial charge is 0.179 e. The van der Waals surface area contributed by atoms with Crippen LogP contribution in [0.4, 0.5) is 0 Å². The van der Waals surface area contributed by atoms with E-state index in [0.717, 1.165) is 6.42 Å². The lowest BCUT2D eigenvalue weighted by atomic mass is 10.2. The number of pyridine rings is 1. The Balaban J connectivity index is 2.79. The second-order valence-electron chi connectivity index (χ2n) is 2.65. The summed E-state index contributed by atoms with van der Waals surface area (Å²) in [4.78, 5) is 0. The van der Waals surface area contributed by atoms with E-state index in [1.165, 1.54) is 0 Å². The maximum atomic E-state index is 3.79. The predicted octanol–water partition coefficient (Wildman–Crippen LogP) is 2.28. The topological polar surface area (TPSA) is 3.88 Å². The van der Waals surface area contributed by atoms with E-state index in [0.29, 0.717) is 6.04 Å². The lowest BCUT2D eigenvalue weighted by molar-refractivity contribution is -0.711. The molecule has 62 valence electrons. The zero-order valence-corrected chi connectivity index (χ0v) is 7.19. The van der Waals surface area contributed by atoms with Crippen LogP contribution in [0, 0.1) is 0 Å². The molecule has 0 aromatic carbocycles. The second-order valence-corrected chi connectivity index (χ2v) is 2.65. The highest BCUT2D eigenvalue weighted by atomic mass is 15.0. The van der Waals surface area contributed by atoms with Crippen molar-refractivity contribution >= 4 is 0 Å². The van der Waals surface area contributed by atoms with Crippen molar-refractivity contribution in [2.45, 2.75) is 12.5 Å². The summed E-state index contributed by atoms with van der Waals surface area (Å²) in [6, 6.07) is 6.37. The molecule has 1 unspecified atom stereocenters. The number of nitrogens with zero attached hydrogens (tertiary/aromatic N) is 1. The highest BCUT2D eigenvalue weighted by Crippen LogP contribution is 2.03. The first-order valence-electron chi connectivity index (χ1n) is 4.07. The van der Waals surface area contributed by atoms with Gasteiger partial charge in [-0.1, -0.05) is 18.7 Å². The quantitative estimate of drug-likeness (QED) is 0.470. The number of hydrogen-bond donors (Lipinski definition) is 0. The molecule has 1 aromatic rings. The van der Waals surface area contributed by atoms with Crippen LogP contribution in [0.3, 0.4) is 0 Å². The minimum Gasteiger partial charge on any atom is -0.198 e. The van der Waals surface area contributed by atoms with E-state index in [9.17, 15) is 0 Å². The average Bonchev–Trinajstić information content (AvgIpc) is 2.15. The van der Waals surface area contributed by atoms with Gasteiger partial charge in [0.25, 0.3) is 0 Å². The summed E-state index contributed by atoms with van der Waals surface area (Å²) in [5.74, 6) is 0. The van der Waals surface area contributed by atoms with Gasteiger partial charge in [0.1, 0.15) is 0 Å². The Morgan fingerprint density at radius 3 is 2.33 bits per heavy atom. The van der Waals surface area contributed by atoms with Gasteiger partial charge in [0, 0.05) is 18.6 Å². The highest BCUT2D eigenvalue weighted by Gasteiger charge is 2.09. The van der Waals surface area contributed by atoms with E-state index >= 15 is 0 Å². The number of hydrogen-bond acceptors (Lipinski definition) is 0. The molecule has 0 radical (unpaired) electrons. The molecular formula is C11H14N+. The molecule has 12 heavy (non-hydrogen) atoms. The van der Waals surface area contributed by atoms with Crippen molar-refractivity contribution in [3.05, 3.63) is 55.9 Å². The molecule has 1 aromatic heterocycles. The van der Waals surface area contributed by atoms with Crippen molar-refractivity contribution in [3.8, 4) is 0 Å². The number of aromatic nitrogens is 1. The minimum atomic E-state index is 0.337. The lowest BCUT2D eigenvalue weighted by Gasteiger charge is -2.03. The highest BCUT2D eigenvalue weighted by molar-refractivity contribution is 4.87. The van der Waals surface area contributed by atoms with Gasteiger partial charge in [0.05, 0.1) is 0 Å². The molecule has 1 heterocycles. The summed E-state index contributed by atoms with van der Waals surface area (Å²) in [6.45, 7) is 7.50.